The van der Waals surface area contributed by atoms with Crippen molar-refractivity contribution in [2.24, 2.45) is 5.41 Å². The molecule has 20 heavy (non-hydrogen) atoms. The second-order valence-electron chi connectivity index (χ2n) is 5.02. The third-order valence-electron chi connectivity index (χ3n) is 3.22. The van der Waals surface area contributed by atoms with Crippen molar-refractivity contribution in [3.8, 4) is 0 Å². The monoisotopic (exact) mass is 296 g/mol. The van der Waals surface area contributed by atoms with Crippen molar-refractivity contribution >= 4 is 29.5 Å². The van der Waals surface area contributed by atoms with Gasteiger partial charge < -0.3 is 10.1 Å². The van der Waals surface area contributed by atoms with Crippen LogP contribution in [0.5, 0.6) is 0 Å². The minimum absolute atomic E-state index is 0.139. The van der Waals surface area contributed by atoms with Crippen LogP contribution < -0.4 is 5.32 Å². The predicted octanol–water partition coefficient (Wildman–Crippen LogP) is 1.26. The Kier molecular flexibility index (Phi) is 4.49. The summed E-state index contributed by atoms with van der Waals surface area (Å²) in [6.07, 6.45) is 3.56. The molecule has 1 fully saturated rings. The van der Waals surface area contributed by atoms with Crippen LogP contribution in [0, 0.1) is 5.41 Å². The maximum atomic E-state index is 11.6. The van der Waals surface area contributed by atoms with Gasteiger partial charge in [-0.15, -0.1) is 0 Å². The third kappa shape index (κ3) is 4.12. The second kappa shape index (κ2) is 6.13. The molecular weight excluding hydrogens is 280 g/mol. The van der Waals surface area contributed by atoms with Gasteiger partial charge >= 0.3 is 5.97 Å². The highest BCUT2D eigenvalue weighted by molar-refractivity contribution is 8.00. The van der Waals surface area contributed by atoms with E-state index in [1.807, 2.05) is 0 Å². The Balaban J connectivity index is 1.68. The van der Waals surface area contributed by atoms with Gasteiger partial charge in [-0.25, -0.2) is 0 Å². The number of aliphatic carboxylic acids is 1. The molecular formula is C13H16N2O4S. The zero-order valence-electron chi connectivity index (χ0n) is 10.8. The van der Waals surface area contributed by atoms with Gasteiger partial charge in [0.1, 0.15) is 5.69 Å². The number of imide groups is 1. The van der Waals surface area contributed by atoms with Crippen molar-refractivity contribution < 1.29 is 19.5 Å². The molecule has 0 saturated heterocycles. The summed E-state index contributed by atoms with van der Waals surface area (Å²) in [4.78, 5) is 36.6. The fraction of sp³-hybridized carbons (Fsp3) is 0.462. The molecule has 0 spiro atoms. The predicted molar refractivity (Wildman–Crippen MR) is 74.5 cm³/mol. The molecule has 0 aromatic carbocycles. The molecule has 0 bridgehead atoms. The molecule has 1 aliphatic rings. The molecule has 3 N–H and O–H groups in total. The summed E-state index contributed by atoms with van der Waals surface area (Å²) in [7, 11) is 0. The first-order valence-electron chi connectivity index (χ1n) is 6.28. The number of thioether (sulfide) groups is 1. The average molecular weight is 296 g/mol. The zero-order valence-corrected chi connectivity index (χ0v) is 11.7. The smallest absolute Gasteiger partial charge is 0.303 e. The first kappa shape index (κ1) is 14.6. The topological polar surface area (TPSA) is 99.3 Å². The van der Waals surface area contributed by atoms with E-state index < -0.39 is 11.9 Å². The molecule has 7 heteroatoms. The van der Waals surface area contributed by atoms with Crippen LogP contribution in [-0.2, 0) is 9.59 Å². The van der Waals surface area contributed by atoms with E-state index in [4.69, 9.17) is 5.11 Å². The molecule has 0 aliphatic heterocycles. The van der Waals surface area contributed by atoms with Crippen molar-refractivity contribution in [2.45, 2.75) is 19.3 Å². The number of hydrogen-bond acceptors (Lipinski definition) is 4. The largest absolute Gasteiger partial charge is 0.481 e. The maximum Gasteiger partial charge on any atom is 0.303 e. The lowest BCUT2D eigenvalue weighted by atomic mass is 10.1. The lowest BCUT2D eigenvalue weighted by Gasteiger charge is -2.11. The molecule has 0 radical (unpaired) electrons. The van der Waals surface area contributed by atoms with Gasteiger partial charge in [-0.05, 0) is 36.1 Å². The summed E-state index contributed by atoms with van der Waals surface area (Å²) in [6, 6.07) is 3.26. The summed E-state index contributed by atoms with van der Waals surface area (Å²) in [5, 5.41) is 11.1. The number of aromatic nitrogens is 1. The van der Waals surface area contributed by atoms with E-state index in [-0.39, 0.29) is 23.5 Å². The van der Waals surface area contributed by atoms with E-state index in [1.54, 1.807) is 18.3 Å². The van der Waals surface area contributed by atoms with Crippen molar-refractivity contribution in [3.05, 3.63) is 24.0 Å². The van der Waals surface area contributed by atoms with E-state index in [0.717, 1.165) is 12.8 Å². The molecule has 6 nitrogen and oxygen atoms in total. The Morgan fingerprint density at radius 3 is 2.70 bits per heavy atom. The molecule has 2 rings (SSSR count). The van der Waals surface area contributed by atoms with Gasteiger partial charge in [0.05, 0.1) is 12.2 Å². The SMILES string of the molecule is O=C(O)CC1(CSCC(=O)NC(=O)c2ccc[nH]2)CC1. The summed E-state index contributed by atoms with van der Waals surface area (Å²) < 4.78 is 0. The van der Waals surface area contributed by atoms with Crippen LogP contribution in [0.2, 0.25) is 0 Å². The average Bonchev–Trinajstić information content (AvgIpc) is 2.92. The Morgan fingerprint density at radius 2 is 2.15 bits per heavy atom. The number of nitrogens with one attached hydrogen (secondary N) is 2. The number of carbonyl (C=O) groups excluding carboxylic acids is 2. The number of carboxylic acid groups (broad SMARTS) is 1. The molecule has 1 aromatic heterocycles. The first-order valence-corrected chi connectivity index (χ1v) is 7.43. The van der Waals surface area contributed by atoms with Gasteiger partial charge in [0.15, 0.2) is 0 Å². The van der Waals surface area contributed by atoms with Crippen LogP contribution in [0.3, 0.4) is 0 Å². The number of carboxylic acids is 1. The number of aromatic amines is 1. The van der Waals surface area contributed by atoms with Gasteiger partial charge in [0.25, 0.3) is 5.91 Å². The Morgan fingerprint density at radius 1 is 1.40 bits per heavy atom. The Labute approximate surface area is 120 Å². The Hall–Kier alpha value is -1.76. The number of H-pyrrole nitrogens is 1. The number of hydrogen-bond donors (Lipinski definition) is 3. The molecule has 1 aliphatic carbocycles. The van der Waals surface area contributed by atoms with Crippen molar-refractivity contribution in [1.29, 1.82) is 0 Å². The molecule has 1 heterocycles. The third-order valence-corrected chi connectivity index (χ3v) is 4.50. The highest BCUT2D eigenvalue weighted by Gasteiger charge is 2.44. The van der Waals surface area contributed by atoms with E-state index in [0.29, 0.717) is 11.4 Å². The lowest BCUT2D eigenvalue weighted by Crippen LogP contribution is -2.32. The van der Waals surface area contributed by atoms with Crippen molar-refractivity contribution in [1.82, 2.24) is 10.3 Å². The first-order chi connectivity index (χ1) is 9.51. The molecule has 2 amide bonds. The minimum Gasteiger partial charge on any atom is -0.481 e. The van der Waals surface area contributed by atoms with E-state index in [2.05, 4.69) is 10.3 Å². The van der Waals surface area contributed by atoms with Crippen molar-refractivity contribution in [3.63, 3.8) is 0 Å². The van der Waals surface area contributed by atoms with Gasteiger partial charge in [-0.1, -0.05) is 0 Å². The highest BCUT2D eigenvalue weighted by Crippen LogP contribution is 2.50. The van der Waals surface area contributed by atoms with E-state index >= 15 is 0 Å². The van der Waals surface area contributed by atoms with E-state index in [1.165, 1.54) is 11.8 Å². The highest BCUT2D eigenvalue weighted by atomic mass is 32.2. The molecule has 1 aromatic rings. The normalized spacial score (nSPS) is 15.6. The number of rotatable bonds is 7. The summed E-state index contributed by atoms with van der Waals surface area (Å²) in [5.41, 5.74) is 0.202. The number of carbonyl (C=O) groups is 3. The number of amides is 2. The van der Waals surface area contributed by atoms with Crippen LogP contribution >= 0.6 is 11.8 Å². The fourth-order valence-corrected chi connectivity index (χ4v) is 3.11. The zero-order chi connectivity index (χ0) is 14.6. The lowest BCUT2D eigenvalue weighted by molar-refractivity contribution is -0.138. The maximum absolute atomic E-state index is 11.6. The summed E-state index contributed by atoms with van der Waals surface area (Å²) in [5.74, 6) is -0.806. The summed E-state index contributed by atoms with van der Waals surface area (Å²) >= 11 is 1.37. The van der Waals surface area contributed by atoms with Crippen LogP contribution in [0.15, 0.2) is 18.3 Å². The van der Waals surface area contributed by atoms with Crippen molar-refractivity contribution in [2.75, 3.05) is 11.5 Å². The standard InChI is InChI=1S/C13H16N2O4S/c16-10(15-12(19)9-2-1-5-14-9)7-20-8-13(3-4-13)6-11(17)18/h1-2,5,14H,3-4,6-8H2,(H,17,18)(H,15,16,19). The second-order valence-corrected chi connectivity index (χ2v) is 6.01. The quantitative estimate of drug-likeness (QED) is 0.703. The van der Waals surface area contributed by atoms with Crippen LogP contribution in [0.4, 0.5) is 0 Å². The van der Waals surface area contributed by atoms with Crippen LogP contribution in [0.1, 0.15) is 29.8 Å². The van der Waals surface area contributed by atoms with Crippen LogP contribution in [0.25, 0.3) is 0 Å². The van der Waals surface area contributed by atoms with E-state index in [9.17, 15) is 14.4 Å². The molecule has 0 unspecified atom stereocenters. The minimum atomic E-state index is -0.797. The van der Waals surface area contributed by atoms with Gasteiger partial charge in [-0.2, -0.15) is 11.8 Å². The Bertz CT molecular complexity index is 508. The molecule has 108 valence electrons. The molecule has 1 saturated carbocycles. The van der Waals surface area contributed by atoms with Crippen LogP contribution in [-0.4, -0.2) is 39.4 Å². The van der Waals surface area contributed by atoms with Gasteiger partial charge in [-0.3, -0.25) is 19.7 Å². The summed E-state index contributed by atoms with van der Waals surface area (Å²) in [6.45, 7) is 0. The van der Waals surface area contributed by atoms with Gasteiger partial charge in [0.2, 0.25) is 5.91 Å². The van der Waals surface area contributed by atoms with Gasteiger partial charge in [0, 0.05) is 6.20 Å². The molecule has 0 atom stereocenters. The fourth-order valence-electron chi connectivity index (χ4n) is 1.93.